The van der Waals surface area contributed by atoms with Crippen LogP contribution in [0.4, 0.5) is 0 Å². The molecular weight excluding hydrogens is 274 g/mol. The zero-order valence-corrected chi connectivity index (χ0v) is 12.5. The summed E-state index contributed by atoms with van der Waals surface area (Å²) in [7, 11) is 1.67. The normalized spacial score (nSPS) is 10.5. The Balaban J connectivity index is 2.15. The number of fused-ring (bicyclic) bond motifs is 1. The van der Waals surface area contributed by atoms with Gasteiger partial charge in [0.25, 0.3) is 0 Å². The van der Waals surface area contributed by atoms with Crippen molar-refractivity contribution in [3.05, 3.63) is 48.5 Å². The molecule has 0 N–H and O–H groups in total. The van der Waals surface area contributed by atoms with Crippen LogP contribution in [0.1, 0.15) is 12.8 Å². The number of unbranched alkanes of at least 4 members (excludes halogenated alkanes) is 1. The van der Waals surface area contributed by atoms with Crippen LogP contribution < -0.4 is 4.74 Å². The first-order valence-electron chi connectivity index (χ1n) is 7.30. The Morgan fingerprint density at radius 2 is 1.91 bits per heavy atom. The molecule has 0 aliphatic rings. The van der Waals surface area contributed by atoms with Crippen molar-refractivity contribution >= 4 is 11.0 Å². The van der Waals surface area contributed by atoms with Crippen molar-refractivity contribution in [2.75, 3.05) is 7.11 Å². The number of aromatic nitrogens is 2. The van der Waals surface area contributed by atoms with Crippen molar-refractivity contribution in [2.45, 2.75) is 19.4 Å². The number of hydrogen-bond donors (Lipinski definition) is 0. The van der Waals surface area contributed by atoms with Gasteiger partial charge in [-0.05, 0) is 30.7 Å². The molecule has 4 heteroatoms. The number of hydrogen-bond acceptors (Lipinski definition) is 3. The van der Waals surface area contributed by atoms with Gasteiger partial charge in [-0.3, -0.25) is 0 Å². The maximum Gasteiger partial charge on any atom is 0.144 e. The Labute approximate surface area is 129 Å². The summed E-state index contributed by atoms with van der Waals surface area (Å²) in [6, 6.07) is 18.2. The topological polar surface area (TPSA) is 50.8 Å². The fourth-order valence-corrected chi connectivity index (χ4v) is 2.65. The number of rotatable bonds is 5. The van der Waals surface area contributed by atoms with E-state index in [1.807, 2.05) is 42.5 Å². The highest BCUT2D eigenvalue weighted by atomic mass is 16.5. The molecule has 0 saturated carbocycles. The Morgan fingerprint density at radius 3 is 2.73 bits per heavy atom. The lowest BCUT2D eigenvalue weighted by atomic mass is 10.2. The minimum Gasteiger partial charge on any atom is -0.496 e. The standard InChI is InChI=1S/C18H17N3O/c1-22-17-11-5-2-8-14(17)18-20-15-9-3-4-10-16(15)21(18)13-7-6-12-19/h2-5,8-11H,6-7,13H2,1H3. The second kappa shape index (κ2) is 6.31. The van der Waals surface area contributed by atoms with E-state index >= 15 is 0 Å². The van der Waals surface area contributed by atoms with Gasteiger partial charge >= 0.3 is 0 Å². The maximum atomic E-state index is 8.78. The van der Waals surface area contributed by atoms with Crippen molar-refractivity contribution in [2.24, 2.45) is 0 Å². The van der Waals surface area contributed by atoms with Gasteiger partial charge in [0, 0.05) is 13.0 Å². The zero-order chi connectivity index (χ0) is 15.4. The molecule has 0 saturated heterocycles. The number of ether oxygens (including phenoxy) is 1. The first kappa shape index (κ1) is 14.2. The molecule has 1 heterocycles. The number of nitriles is 1. The Bertz CT molecular complexity index is 830. The lowest BCUT2D eigenvalue weighted by Crippen LogP contribution is -2.01. The molecular formula is C18H17N3O. The summed E-state index contributed by atoms with van der Waals surface area (Å²) < 4.78 is 7.64. The third-order valence-corrected chi connectivity index (χ3v) is 3.67. The number of aryl methyl sites for hydroxylation is 1. The van der Waals surface area contributed by atoms with E-state index in [0.29, 0.717) is 6.42 Å². The van der Waals surface area contributed by atoms with Crippen LogP contribution in [0.3, 0.4) is 0 Å². The molecule has 1 aromatic heterocycles. The highest BCUT2D eigenvalue weighted by Gasteiger charge is 2.15. The lowest BCUT2D eigenvalue weighted by molar-refractivity contribution is 0.416. The fraction of sp³-hybridized carbons (Fsp3) is 0.222. The van der Waals surface area contributed by atoms with Crippen molar-refractivity contribution in [3.63, 3.8) is 0 Å². The average Bonchev–Trinajstić information content (AvgIpc) is 2.94. The van der Waals surface area contributed by atoms with Gasteiger partial charge in [0.05, 0.1) is 29.8 Å². The first-order valence-corrected chi connectivity index (χ1v) is 7.30. The Morgan fingerprint density at radius 1 is 1.14 bits per heavy atom. The predicted octanol–water partition coefficient (Wildman–Crippen LogP) is 4.02. The summed E-state index contributed by atoms with van der Waals surface area (Å²) in [6.07, 6.45) is 1.34. The monoisotopic (exact) mass is 291 g/mol. The van der Waals surface area contributed by atoms with Gasteiger partial charge in [0.1, 0.15) is 11.6 Å². The molecule has 0 aliphatic heterocycles. The molecule has 110 valence electrons. The minimum atomic E-state index is 0.540. The largest absolute Gasteiger partial charge is 0.496 e. The van der Waals surface area contributed by atoms with Gasteiger partial charge in [-0.2, -0.15) is 5.26 Å². The molecule has 2 aromatic carbocycles. The summed E-state index contributed by atoms with van der Waals surface area (Å²) >= 11 is 0. The summed E-state index contributed by atoms with van der Waals surface area (Å²) in [5.41, 5.74) is 3.01. The van der Waals surface area contributed by atoms with Gasteiger partial charge in [-0.25, -0.2) is 4.98 Å². The van der Waals surface area contributed by atoms with Crippen LogP contribution in [-0.4, -0.2) is 16.7 Å². The second-order valence-electron chi connectivity index (χ2n) is 5.04. The maximum absolute atomic E-state index is 8.78. The fourth-order valence-electron chi connectivity index (χ4n) is 2.65. The third kappa shape index (κ3) is 2.53. The SMILES string of the molecule is COc1ccccc1-c1nc2ccccc2n1CCCC#N. The van der Waals surface area contributed by atoms with Crippen LogP contribution in [0, 0.1) is 11.3 Å². The van der Waals surface area contributed by atoms with E-state index in [1.165, 1.54) is 0 Å². The smallest absolute Gasteiger partial charge is 0.144 e. The molecule has 3 rings (SSSR count). The van der Waals surface area contributed by atoms with Crippen molar-refractivity contribution in [1.29, 1.82) is 5.26 Å². The average molecular weight is 291 g/mol. The van der Waals surface area contributed by atoms with E-state index in [1.54, 1.807) is 7.11 Å². The molecule has 0 aliphatic carbocycles. The zero-order valence-electron chi connectivity index (χ0n) is 12.5. The van der Waals surface area contributed by atoms with Gasteiger partial charge in [0.2, 0.25) is 0 Å². The molecule has 0 radical (unpaired) electrons. The van der Waals surface area contributed by atoms with Crippen LogP contribution >= 0.6 is 0 Å². The molecule has 0 amide bonds. The number of benzene rings is 2. The van der Waals surface area contributed by atoms with E-state index in [9.17, 15) is 0 Å². The van der Waals surface area contributed by atoms with E-state index in [-0.39, 0.29) is 0 Å². The van der Waals surface area contributed by atoms with Crippen molar-refractivity contribution in [1.82, 2.24) is 9.55 Å². The van der Waals surface area contributed by atoms with Crippen LogP contribution in [-0.2, 0) is 6.54 Å². The molecule has 0 fully saturated rings. The Hall–Kier alpha value is -2.80. The highest BCUT2D eigenvalue weighted by Crippen LogP contribution is 2.31. The molecule has 22 heavy (non-hydrogen) atoms. The van der Waals surface area contributed by atoms with E-state index in [0.717, 1.165) is 41.1 Å². The van der Waals surface area contributed by atoms with Gasteiger partial charge < -0.3 is 9.30 Å². The number of nitrogens with zero attached hydrogens (tertiary/aromatic N) is 3. The Kier molecular flexibility index (Phi) is 4.06. The van der Waals surface area contributed by atoms with Gasteiger partial charge in [0.15, 0.2) is 0 Å². The van der Waals surface area contributed by atoms with E-state index in [2.05, 4.69) is 16.7 Å². The molecule has 0 spiro atoms. The van der Waals surface area contributed by atoms with E-state index < -0.39 is 0 Å². The predicted molar refractivity (Wildman–Crippen MR) is 86.6 cm³/mol. The number of imidazole rings is 1. The summed E-state index contributed by atoms with van der Waals surface area (Å²) in [5, 5.41) is 8.78. The summed E-state index contributed by atoms with van der Waals surface area (Å²) in [6.45, 7) is 0.765. The lowest BCUT2D eigenvalue weighted by Gasteiger charge is -2.11. The summed E-state index contributed by atoms with van der Waals surface area (Å²) in [4.78, 5) is 4.77. The van der Waals surface area contributed by atoms with Crippen LogP contribution in [0.15, 0.2) is 48.5 Å². The van der Waals surface area contributed by atoms with Crippen molar-refractivity contribution < 1.29 is 4.74 Å². The second-order valence-corrected chi connectivity index (χ2v) is 5.04. The highest BCUT2D eigenvalue weighted by molar-refractivity contribution is 5.81. The number of methoxy groups -OCH3 is 1. The molecule has 4 nitrogen and oxygen atoms in total. The van der Waals surface area contributed by atoms with Crippen molar-refractivity contribution in [3.8, 4) is 23.2 Å². The van der Waals surface area contributed by atoms with Gasteiger partial charge in [-0.15, -0.1) is 0 Å². The minimum absolute atomic E-state index is 0.540. The van der Waals surface area contributed by atoms with Crippen LogP contribution in [0.5, 0.6) is 5.75 Å². The first-order chi connectivity index (χ1) is 10.8. The summed E-state index contributed by atoms with van der Waals surface area (Å²) in [5.74, 6) is 1.69. The quantitative estimate of drug-likeness (QED) is 0.667. The number of para-hydroxylation sites is 3. The molecule has 3 aromatic rings. The third-order valence-electron chi connectivity index (χ3n) is 3.67. The van der Waals surface area contributed by atoms with Crippen LogP contribution in [0.25, 0.3) is 22.4 Å². The molecule has 0 bridgehead atoms. The van der Waals surface area contributed by atoms with E-state index in [4.69, 9.17) is 15.0 Å². The van der Waals surface area contributed by atoms with Gasteiger partial charge in [-0.1, -0.05) is 24.3 Å². The molecule has 0 unspecified atom stereocenters. The van der Waals surface area contributed by atoms with Crippen LogP contribution in [0.2, 0.25) is 0 Å². The molecule has 0 atom stereocenters.